The van der Waals surface area contributed by atoms with E-state index < -0.39 is 5.82 Å². The van der Waals surface area contributed by atoms with E-state index in [9.17, 15) is 14.0 Å². The van der Waals surface area contributed by atoms with Gasteiger partial charge in [0.05, 0.1) is 12.1 Å². The number of carbonyl (C=O) groups is 2. The summed E-state index contributed by atoms with van der Waals surface area (Å²) in [5.74, 6) is -0.911. The lowest BCUT2D eigenvalue weighted by molar-refractivity contribution is -0.130. The lowest BCUT2D eigenvalue weighted by Crippen LogP contribution is -2.39. The smallest absolute Gasteiger partial charge is 0.255 e. The first kappa shape index (κ1) is 15.0. The fourth-order valence-electron chi connectivity index (χ4n) is 2.21. The molecule has 20 heavy (non-hydrogen) atoms. The van der Waals surface area contributed by atoms with Crippen molar-refractivity contribution in [3.8, 4) is 0 Å². The fraction of sp³-hybridized carbons (Fsp3) is 0.429. The van der Waals surface area contributed by atoms with Gasteiger partial charge < -0.3 is 9.80 Å². The van der Waals surface area contributed by atoms with Crippen LogP contribution in [0.25, 0.3) is 0 Å². The van der Waals surface area contributed by atoms with E-state index in [1.54, 1.807) is 11.9 Å². The van der Waals surface area contributed by atoms with Gasteiger partial charge in [0, 0.05) is 24.6 Å². The van der Waals surface area contributed by atoms with Crippen LogP contribution in [0.1, 0.15) is 23.2 Å². The number of halogens is 2. The minimum atomic E-state index is -0.476. The lowest BCUT2D eigenvalue weighted by atomic mass is 10.2. The average Bonchev–Trinajstić information content (AvgIpc) is 2.94. The summed E-state index contributed by atoms with van der Waals surface area (Å²) in [7, 11) is 1.55. The second-order valence-corrected chi connectivity index (χ2v) is 5.73. The third-order valence-electron chi connectivity index (χ3n) is 3.34. The number of nitrogens with zero attached hydrogens (tertiary/aromatic N) is 2. The molecule has 0 aliphatic carbocycles. The molecule has 1 aliphatic heterocycles. The predicted molar refractivity (Wildman–Crippen MR) is 76.9 cm³/mol. The van der Waals surface area contributed by atoms with Crippen LogP contribution in [0.3, 0.4) is 0 Å². The molecule has 1 fully saturated rings. The van der Waals surface area contributed by atoms with Gasteiger partial charge in [-0.25, -0.2) is 4.39 Å². The Morgan fingerprint density at radius 1 is 1.35 bits per heavy atom. The fourth-order valence-corrected chi connectivity index (χ4v) is 2.62. The zero-order chi connectivity index (χ0) is 14.7. The third kappa shape index (κ3) is 3.36. The highest BCUT2D eigenvalue weighted by molar-refractivity contribution is 9.10. The molecule has 0 spiro atoms. The van der Waals surface area contributed by atoms with Crippen molar-refractivity contribution in [1.29, 1.82) is 0 Å². The van der Waals surface area contributed by atoms with Crippen molar-refractivity contribution in [1.82, 2.24) is 9.80 Å². The van der Waals surface area contributed by atoms with E-state index in [2.05, 4.69) is 15.9 Å². The van der Waals surface area contributed by atoms with Crippen LogP contribution in [0, 0.1) is 5.82 Å². The van der Waals surface area contributed by atoms with Crippen LogP contribution in [-0.4, -0.2) is 48.3 Å². The number of likely N-dealkylation sites (N-methyl/N-ethyl adjacent to an activating group) is 1. The van der Waals surface area contributed by atoms with E-state index in [1.165, 1.54) is 23.1 Å². The summed E-state index contributed by atoms with van der Waals surface area (Å²) >= 11 is 3.22. The maximum Gasteiger partial charge on any atom is 0.255 e. The van der Waals surface area contributed by atoms with Gasteiger partial charge >= 0.3 is 0 Å². The first-order valence-corrected chi connectivity index (χ1v) is 7.26. The summed E-state index contributed by atoms with van der Waals surface area (Å²) in [6.45, 7) is 1.52. The van der Waals surface area contributed by atoms with Crippen molar-refractivity contribution in [3.05, 3.63) is 34.1 Å². The molecule has 1 aromatic carbocycles. The molecule has 4 nitrogen and oxygen atoms in total. The van der Waals surface area contributed by atoms with E-state index in [0.29, 0.717) is 4.47 Å². The molecule has 0 N–H and O–H groups in total. The van der Waals surface area contributed by atoms with Crippen molar-refractivity contribution in [2.24, 2.45) is 0 Å². The number of hydrogen-bond acceptors (Lipinski definition) is 2. The number of rotatable bonds is 3. The minimum absolute atomic E-state index is 0.0157. The Morgan fingerprint density at radius 3 is 2.65 bits per heavy atom. The second-order valence-electron chi connectivity index (χ2n) is 4.87. The van der Waals surface area contributed by atoms with Gasteiger partial charge in [0.2, 0.25) is 5.91 Å². The Kier molecular flexibility index (Phi) is 4.75. The van der Waals surface area contributed by atoms with Crippen molar-refractivity contribution < 1.29 is 14.0 Å². The Morgan fingerprint density at radius 2 is 2.00 bits per heavy atom. The van der Waals surface area contributed by atoms with Gasteiger partial charge in [-0.3, -0.25) is 9.59 Å². The van der Waals surface area contributed by atoms with Gasteiger partial charge in [-0.2, -0.15) is 0 Å². The maximum atomic E-state index is 13.2. The summed E-state index contributed by atoms with van der Waals surface area (Å²) in [5, 5.41) is 0. The van der Waals surface area contributed by atoms with Crippen LogP contribution in [0.5, 0.6) is 0 Å². The maximum absolute atomic E-state index is 13.2. The number of benzene rings is 1. The molecule has 108 valence electrons. The molecule has 0 atom stereocenters. The van der Waals surface area contributed by atoms with E-state index in [-0.39, 0.29) is 23.9 Å². The lowest BCUT2D eigenvalue weighted by Gasteiger charge is -2.21. The molecule has 2 rings (SSSR count). The van der Waals surface area contributed by atoms with Gasteiger partial charge in [0.1, 0.15) is 5.82 Å². The van der Waals surface area contributed by atoms with Crippen LogP contribution < -0.4 is 0 Å². The molecule has 0 radical (unpaired) electrons. The van der Waals surface area contributed by atoms with Crippen LogP contribution in [-0.2, 0) is 4.79 Å². The zero-order valence-corrected chi connectivity index (χ0v) is 12.8. The quantitative estimate of drug-likeness (QED) is 0.845. The van der Waals surface area contributed by atoms with Gasteiger partial charge in [0.25, 0.3) is 5.91 Å². The zero-order valence-electron chi connectivity index (χ0n) is 11.2. The molecule has 1 heterocycles. The van der Waals surface area contributed by atoms with Crippen LogP contribution in [0.15, 0.2) is 22.7 Å². The Balaban J connectivity index is 2.04. The van der Waals surface area contributed by atoms with Crippen molar-refractivity contribution >= 4 is 27.7 Å². The van der Waals surface area contributed by atoms with E-state index in [0.717, 1.165) is 25.9 Å². The minimum Gasteiger partial charge on any atom is -0.341 e. The first-order valence-electron chi connectivity index (χ1n) is 6.47. The van der Waals surface area contributed by atoms with Crippen LogP contribution in [0.2, 0.25) is 0 Å². The molecular weight excluding hydrogens is 327 g/mol. The number of carbonyl (C=O) groups excluding carboxylic acids is 2. The SMILES string of the molecule is CN(CC(=O)N1CCCC1)C(=O)c1cc(F)ccc1Br. The van der Waals surface area contributed by atoms with Crippen LogP contribution >= 0.6 is 15.9 Å². The Labute approximate surface area is 125 Å². The van der Waals surface area contributed by atoms with E-state index in [4.69, 9.17) is 0 Å². The molecule has 0 bridgehead atoms. The molecule has 2 amide bonds. The van der Waals surface area contributed by atoms with Crippen molar-refractivity contribution in [3.63, 3.8) is 0 Å². The highest BCUT2D eigenvalue weighted by atomic mass is 79.9. The average molecular weight is 343 g/mol. The normalized spacial score (nSPS) is 14.4. The summed E-state index contributed by atoms with van der Waals surface area (Å²) in [5.41, 5.74) is 0.224. The number of likely N-dealkylation sites (tertiary alicyclic amines) is 1. The third-order valence-corrected chi connectivity index (χ3v) is 4.03. The molecule has 1 aliphatic rings. The van der Waals surface area contributed by atoms with E-state index >= 15 is 0 Å². The highest BCUT2D eigenvalue weighted by Crippen LogP contribution is 2.19. The number of hydrogen-bond donors (Lipinski definition) is 0. The molecule has 0 unspecified atom stereocenters. The molecule has 0 saturated carbocycles. The largest absolute Gasteiger partial charge is 0.341 e. The first-order chi connectivity index (χ1) is 9.49. The topological polar surface area (TPSA) is 40.6 Å². The van der Waals surface area contributed by atoms with Crippen molar-refractivity contribution in [2.75, 3.05) is 26.7 Å². The summed E-state index contributed by atoms with van der Waals surface area (Å²) in [6.07, 6.45) is 2.03. The molecule has 1 aromatic rings. The second kappa shape index (κ2) is 6.35. The van der Waals surface area contributed by atoms with Gasteiger partial charge in [-0.15, -0.1) is 0 Å². The molecule has 0 aromatic heterocycles. The van der Waals surface area contributed by atoms with Crippen LogP contribution in [0.4, 0.5) is 4.39 Å². The Hall–Kier alpha value is -1.43. The van der Waals surface area contributed by atoms with Crippen molar-refractivity contribution in [2.45, 2.75) is 12.8 Å². The monoisotopic (exact) mass is 342 g/mol. The van der Waals surface area contributed by atoms with Gasteiger partial charge in [-0.05, 0) is 47.0 Å². The molecular formula is C14H16BrFN2O2. The molecule has 1 saturated heterocycles. The summed E-state index contributed by atoms with van der Waals surface area (Å²) in [6, 6.07) is 3.93. The predicted octanol–water partition coefficient (Wildman–Crippen LogP) is 2.28. The standard InChI is InChI=1S/C14H16BrFN2O2/c1-17(9-13(19)18-6-2-3-7-18)14(20)11-8-10(16)4-5-12(11)15/h4-5,8H,2-3,6-7,9H2,1H3. The van der Waals surface area contributed by atoms with Gasteiger partial charge in [0.15, 0.2) is 0 Å². The van der Waals surface area contributed by atoms with Gasteiger partial charge in [-0.1, -0.05) is 0 Å². The van der Waals surface area contributed by atoms with E-state index in [1.807, 2.05) is 0 Å². The molecule has 6 heteroatoms. The summed E-state index contributed by atoms with van der Waals surface area (Å²) in [4.78, 5) is 27.3. The summed E-state index contributed by atoms with van der Waals surface area (Å²) < 4.78 is 13.7. The number of amides is 2. The Bertz CT molecular complexity index is 530. The highest BCUT2D eigenvalue weighted by Gasteiger charge is 2.22.